The molecule has 1 amide bonds. The van der Waals surface area contributed by atoms with Crippen LogP contribution in [0.5, 0.6) is 0 Å². The Morgan fingerprint density at radius 1 is 1.18 bits per heavy atom. The molecule has 2 aromatic rings. The number of hydrogen-bond donors (Lipinski definition) is 2. The van der Waals surface area contributed by atoms with Gasteiger partial charge in [-0.2, -0.15) is 5.06 Å². The van der Waals surface area contributed by atoms with Crippen molar-refractivity contribution in [1.82, 2.24) is 20.3 Å². The molecule has 1 aromatic carbocycles. The van der Waals surface area contributed by atoms with Crippen molar-refractivity contribution in [2.45, 2.75) is 45.2 Å². The first kappa shape index (κ1) is 21.7. The van der Waals surface area contributed by atoms with Crippen LogP contribution in [-0.2, 0) is 11.2 Å². The van der Waals surface area contributed by atoms with E-state index in [9.17, 15) is 14.8 Å². The van der Waals surface area contributed by atoms with Crippen LogP contribution in [0.3, 0.4) is 0 Å². The number of Topliss-reactive ketones (excluding diaryl/α,β-unsaturated/α-hetero) is 1. The number of ketones is 1. The number of rotatable bonds is 10. The van der Waals surface area contributed by atoms with E-state index in [-0.39, 0.29) is 23.9 Å². The Morgan fingerprint density at radius 3 is 2.46 bits per heavy atom. The van der Waals surface area contributed by atoms with Gasteiger partial charge in [0.2, 0.25) is 0 Å². The largest absolute Gasteiger partial charge is 0.341 e. The molecule has 150 valence electrons. The molecule has 0 aliphatic rings. The van der Waals surface area contributed by atoms with Gasteiger partial charge >= 0.3 is 0 Å². The summed E-state index contributed by atoms with van der Waals surface area (Å²) in [6.07, 6.45) is 5.47. The number of carbonyl (C=O) groups is 2. The molecule has 1 heterocycles. The molecule has 0 bridgehead atoms. The second-order valence-electron chi connectivity index (χ2n) is 7.33. The highest BCUT2D eigenvalue weighted by Crippen LogP contribution is 2.15. The molecular weight excluding hydrogens is 356 g/mol. The zero-order valence-electron chi connectivity index (χ0n) is 16.6. The SMILES string of the molecule is CC(C)CC(CC(=O)[C@H](Cc1ccccc1)NC(=O)c1cnccn1)N(C)O. The van der Waals surface area contributed by atoms with Gasteiger partial charge < -0.3 is 10.5 Å². The maximum atomic E-state index is 13.0. The number of carbonyl (C=O) groups excluding carboxylic acids is 2. The number of benzene rings is 1. The summed E-state index contributed by atoms with van der Waals surface area (Å²) in [7, 11) is 1.55. The molecule has 0 spiro atoms. The van der Waals surface area contributed by atoms with Gasteiger partial charge in [0, 0.05) is 31.9 Å². The van der Waals surface area contributed by atoms with E-state index in [2.05, 4.69) is 15.3 Å². The van der Waals surface area contributed by atoms with Crippen molar-refractivity contribution in [3.63, 3.8) is 0 Å². The lowest BCUT2D eigenvalue weighted by Gasteiger charge is -2.26. The van der Waals surface area contributed by atoms with E-state index < -0.39 is 11.9 Å². The second kappa shape index (κ2) is 10.6. The molecule has 2 N–H and O–H groups in total. The Bertz CT molecular complexity index is 751. The number of hydroxylamine groups is 2. The highest BCUT2D eigenvalue weighted by atomic mass is 16.5. The monoisotopic (exact) mass is 384 g/mol. The van der Waals surface area contributed by atoms with Crippen LogP contribution in [0.15, 0.2) is 48.9 Å². The van der Waals surface area contributed by atoms with Crippen molar-refractivity contribution in [2.75, 3.05) is 7.05 Å². The van der Waals surface area contributed by atoms with Crippen molar-refractivity contribution in [3.05, 3.63) is 60.2 Å². The fourth-order valence-electron chi connectivity index (χ4n) is 3.03. The van der Waals surface area contributed by atoms with Gasteiger partial charge in [-0.05, 0) is 24.3 Å². The Balaban J connectivity index is 2.16. The highest BCUT2D eigenvalue weighted by Gasteiger charge is 2.27. The predicted octanol–water partition coefficient (Wildman–Crippen LogP) is 2.51. The van der Waals surface area contributed by atoms with Gasteiger partial charge in [0.05, 0.1) is 12.2 Å². The maximum absolute atomic E-state index is 13.0. The summed E-state index contributed by atoms with van der Waals surface area (Å²) in [4.78, 5) is 33.4. The summed E-state index contributed by atoms with van der Waals surface area (Å²) in [5.74, 6) is -0.248. The minimum absolute atomic E-state index is 0.132. The Kier molecular flexibility index (Phi) is 8.22. The molecule has 7 heteroatoms. The first-order valence-corrected chi connectivity index (χ1v) is 9.42. The van der Waals surface area contributed by atoms with Crippen molar-refractivity contribution in [3.8, 4) is 0 Å². The van der Waals surface area contributed by atoms with E-state index in [4.69, 9.17) is 0 Å². The van der Waals surface area contributed by atoms with Crippen molar-refractivity contribution in [1.29, 1.82) is 0 Å². The molecule has 0 aliphatic carbocycles. The lowest BCUT2D eigenvalue weighted by molar-refractivity contribution is -0.133. The van der Waals surface area contributed by atoms with Gasteiger partial charge in [0.15, 0.2) is 5.78 Å². The Labute approximate surface area is 165 Å². The Hall–Kier alpha value is -2.64. The summed E-state index contributed by atoms with van der Waals surface area (Å²) in [5.41, 5.74) is 1.10. The first-order valence-electron chi connectivity index (χ1n) is 9.42. The van der Waals surface area contributed by atoms with Crippen molar-refractivity contribution >= 4 is 11.7 Å². The Morgan fingerprint density at radius 2 is 1.89 bits per heavy atom. The third-order valence-corrected chi connectivity index (χ3v) is 4.48. The van der Waals surface area contributed by atoms with Crippen LogP contribution in [-0.4, -0.2) is 51.1 Å². The average Bonchev–Trinajstić information content (AvgIpc) is 2.68. The normalized spacial score (nSPS) is 13.4. The number of aromatic nitrogens is 2. The number of nitrogens with one attached hydrogen (secondary N) is 1. The van der Waals surface area contributed by atoms with Crippen LogP contribution in [0, 0.1) is 5.92 Å². The lowest BCUT2D eigenvalue weighted by atomic mass is 9.93. The minimum atomic E-state index is -0.716. The number of amides is 1. The van der Waals surface area contributed by atoms with Gasteiger partial charge in [-0.25, -0.2) is 4.98 Å². The molecule has 0 fully saturated rings. The fourth-order valence-corrected chi connectivity index (χ4v) is 3.03. The third-order valence-electron chi connectivity index (χ3n) is 4.48. The molecule has 1 aromatic heterocycles. The highest BCUT2D eigenvalue weighted by molar-refractivity contribution is 5.96. The van der Waals surface area contributed by atoms with Crippen LogP contribution in [0.25, 0.3) is 0 Å². The van der Waals surface area contributed by atoms with Gasteiger partial charge in [-0.15, -0.1) is 0 Å². The topological polar surface area (TPSA) is 95.4 Å². The lowest BCUT2D eigenvalue weighted by Crippen LogP contribution is -2.45. The summed E-state index contributed by atoms with van der Waals surface area (Å²) < 4.78 is 0. The van der Waals surface area contributed by atoms with E-state index in [0.29, 0.717) is 18.8 Å². The van der Waals surface area contributed by atoms with E-state index in [1.165, 1.54) is 18.6 Å². The predicted molar refractivity (Wildman–Crippen MR) is 106 cm³/mol. The molecule has 0 saturated heterocycles. The van der Waals surface area contributed by atoms with Crippen molar-refractivity contribution in [2.24, 2.45) is 5.92 Å². The average molecular weight is 384 g/mol. The molecule has 2 atom stereocenters. The third kappa shape index (κ3) is 6.83. The van der Waals surface area contributed by atoms with Gasteiger partial charge in [0.1, 0.15) is 5.69 Å². The van der Waals surface area contributed by atoms with Gasteiger partial charge in [-0.3, -0.25) is 14.6 Å². The zero-order chi connectivity index (χ0) is 20.5. The van der Waals surface area contributed by atoms with E-state index >= 15 is 0 Å². The quantitative estimate of drug-likeness (QED) is 0.611. The molecule has 0 saturated carbocycles. The molecule has 1 unspecified atom stereocenters. The number of hydrogen-bond acceptors (Lipinski definition) is 6. The molecule has 0 aliphatic heterocycles. The summed E-state index contributed by atoms with van der Waals surface area (Å²) in [6, 6.07) is 8.50. The van der Waals surface area contributed by atoms with Crippen LogP contribution in [0.4, 0.5) is 0 Å². The standard InChI is InChI=1S/C21H28N4O3/c1-15(2)11-17(25(3)28)13-20(26)18(12-16-7-5-4-6-8-16)24-21(27)19-14-22-9-10-23-19/h4-10,14-15,17-18,28H,11-13H2,1-3H3,(H,24,27)/t17?,18-/m0/s1. The maximum Gasteiger partial charge on any atom is 0.272 e. The minimum Gasteiger partial charge on any atom is -0.341 e. The molecule has 2 rings (SSSR count). The van der Waals surface area contributed by atoms with Gasteiger partial charge in [0.25, 0.3) is 5.91 Å². The van der Waals surface area contributed by atoms with E-state index in [0.717, 1.165) is 10.6 Å². The molecule has 28 heavy (non-hydrogen) atoms. The van der Waals surface area contributed by atoms with Crippen molar-refractivity contribution < 1.29 is 14.8 Å². The summed E-state index contributed by atoms with van der Waals surface area (Å²) in [6.45, 7) is 4.08. The molecule has 0 radical (unpaired) electrons. The summed E-state index contributed by atoms with van der Waals surface area (Å²) >= 11 is 0. The molecular formula is C21H28N4O3. The van der Waals surface area contributed by atoms with Crippen LogP contribution in [0.2, 0.25) is 0 Å². The second-order valence-corrected chi connectivity index (χ2v) is 7.33. The summed E-state index contributed by atoms with van der Waals surface area (Å²) in [5, 5.41) is 13.8. The zero-order valence-corrected chi connectivity index (χ0v) is 16.6. The van der Waals surface area contributed by atoms with E-state index in [1.54, 1.807) is 7.05 Å². The first-order chi connectivity index (χ1) is 13.4. The van der Waals surface area contributed by atoms with E-state index in [1.807, 2.05) is 44.2 Å². The number of nitrogens with zero attached hydrogens (tertiary/aromatic N) is 3. The smallest absolute Gasteiger partial charge is 0.272 e. The fraction of sp³-hybridized carbons (Fsp3) is 0.429. The van der Waals surface area contributed by atoms with Crippen LogP contribution >= 0.6 is 0 Å². The molecule has 7 nitrogen and oxygen atoms in total. The van der Waals surface area contributed by atoms with Crippen LogP contribution < -0.4 is 5.32 Å². The van der Waals surface area contributed by atoms with Crippen LogP contribution in [0.1, 0.15) is 42.7 Å². The van der Waals surface area contributed by atoms with Gasteiger partial charge in [-0.1, -0.05) is 44.2 Å².